The SMILES string of the molecule is Cc1nn(C)c(F)c1C=NNC(=O)c1c(Cl)cnn1C. The molecule has 2 heterocycles. The van der Waals surface area contributed by atoms with Gasteiger partial charge in [-0.2, -0.15) is 19.7 Å². The molecule has 0 fully saturated rings. The van der Waals surface area contributed by atoms with Crippen molar-refractivity contribution in [1.82, 2.24) is 25.0 Å². The van der Waals surface area contributed by atoms with Crippen molar-refractivity contribution in [3.05, 3.63) is 34.1 Å². The largest absolute Gasteiger partial charge is 0.291 e. The molecule has 9 heteroatoms. The predicted octanol–water partition coefficient (Wildman–Crippen LogP) is 1.02. The number of hydrogen-bond acceptors (Lipinski definition) is 4. The number of hydrogen-bond donors (Lipinski definition) is 1. The second-order valence-electron chi connectivity index (χ2n) is 4.08. The number of halogens is 2. The van der Waals surface area contributed by atoms with Crippen LogP contribution in [0.25, 0.3) is 0 Å². The smallest absolute Gasteiger partial charge is 0.266 e. The Labute approximate surface area is 119 Å². The number of hydrazone groups is 1. The van der Waals surface area contributed by atoms with Crippen LogP contribution in [0.5, 0.6) is 0 Å². The third kappa shape index (κ3) is 2.55. The van der Waals surface area contributed by atoms with Crippen LogP contribution in [0.3, 0.4) is 0 Å². The average Bonchev–Trinajstić information content (AvgIpc) is 2.83. The van der Waals surface area contributed by atoms with Gasteiger partial charge in [0.1, 0.15) is 5.69 Å². The molecule has 0 atom stereocenters. The highest BCUT2D eigenvalue weighted by Crippen LogP contribution is 2.13. The number of aromatic nitrogens is 4. The van der Waals surface area contributed by atoms with E-state index in [0.29, 0.717) is 5.69 Å². The van der Waals surface area contributed by atoms with Gasteiger partial charge in [-0.25, -0.2) is 10.1 Å². The molecule has 2 rings (SSSR count). The first-order valence-corrected chi connectivity index (χ1v) is 5.99. The van der Waals surface area contributed by atoms with Crippen molar-refractivity contribution >= 4 is 23.7 Å². The molecule has 0 saturated heterocycles. The number of carbonyl (C=O) groups is 1. The molecule has 106 valence electrons. The lowest BCUT2D eigenvalue weighted by Gasteiger charge is -2.00. The fourth-order valence-electron chi connectivity index (χ4n) is 1.67. The number of amides is 1. The summed E-state index contributed by atoms with van der Waals surface area (Å²) >= 11 is 5.82. The molecule has 0 aliphatic carbocycles. The first-order chi connectivity index (χ1) is 9.41. The first-order valence-electron chi connectivity index (χ1n) is 5.61. The quantitative estimate of drug-likeness (QED) is 0.679. The van der Waals surface area contributed by atoms with Gasteiger partial charge in [0.25, 0.3) is 5.91 Å². The van der Waals surface area contributed by atoms with Crippen molar-refractivity contribution in [1.29, 1.82) is 0 Å². The van der Waals surface area contributed by atoms with Crippen LogP contribution in [0, 0.1) is 12.9 Å². The summed E-state index contributed by atoms with van der Waals surface area (Å²) in [5, 5.41) is 11.6. The van der Waals surface area contributed by atoms with Crippen LogP contribution in [0.1, 0.15) is 21.7 Å². The van der Waals surface area contributed by atoms with E-state index in [2.05, 4.69) is 20.7 Å². The summed E-state index contributed by atoms with van der Waals surface area (Å²) < 4.78 is 16.0. The van der Waals surface area contributed by atoms with Crippen molar-refractivity contribution in [3.8, 4) is 0 Å². The Morgan fingerprint density at radius 2 is 2.20 bits per heavy atom. The highest BCUT2D eigenvalue weighted by molar-refractivity contribution is 6.33. The Hall–Kier alpha value is -2.22. The monoisotopic (exact) mass is 298 g/mol. The van der Waals surface area contributed by atoms with Crippen LogP contribution in [0.2, 0.25) is 5.02 Å². The molecule has 1 N–H and O–H groups in total. The van der Waals surface area contributed by atoms with Crippen molar-refractivity contribution in [2.45, 2.75) is 6.92 Å². The van der Waals surface area contributed by atoms with Crippen LogP contribution in [0.4, 0.5) is 4.39 Å². The minimum absolute atomic E-state index is 0.173. The van der Waals surface area contributed by atoms with Gasteiger partial charge in [0, 0.05) is 14.1 Å². The molecule has 1 amide bonds. The second kappa shape index (κ2) is 5.41. The Morgan fingerprint density at radius 1 is 1.50 bits per heavy atom. The summed E-state index contributed by atoms with van der Waals surface area (Å²) in [6.45, 7) is 1.64. The standard InChI is InChI=1S/C11H12ClFN6O/c1-6-7(10(13)19(3)17-6)4-14-16-11(20)9-8(12)5-15-18(9)2/h4-5H,1-3H3,(H,16,20). The zero-order valence-electron chi connectivity index (χ0n) is 11.1. The van der Waals surface area contributed by atoms with Gasteiger partial charge in [-0.05, 0) is 6.92 Å². The van der Waals surface area contributed by atoms with Gasteiger partial charge < -0.3 is 0 Å². The van der Waals surface area contributed by atoms with Gasteiger partial charge in [-0.1, -0.05) is 11.6 Å². The van der Waals surface area contributed by atoms with E-state index in [-0.39, 0.29) is 16.3 Å². The van der Waals surface area contributed by atoms with Gasteiger partial charge in [-0.3, -0.25) is 9.48 Å². The molecule has 0 bridgehead atoms. The highest BCUT2D eigenvalue weighted by atomic mass is 35.5. The van der Waals surface area contributed by atoms with Crippen molar-refractivity contribution in [2.75, 3.05) is 0 Å². The van der Waals surface area contributed by atoms with Gasteiger partial charge in [-0.15, -0.1) is 0 Å². The molecule has 20 heavy (non-hydrogen) atoms. The highest BCUT2D eigenvalue weighted by Gasteiger charge is 2.15. The van der Waals surface area contributed by atoms with Crippen LogP contribution in [0.15, 0.2) is 11.3 Å². The van der Waals surface area contributed by atoms with E-state index in [1.807, 2.05) is 0 Å². The second-order valence-corrected chi connectivity index (χ2v) is 4.48. The molecule has 0 aliphatic heterocycles. The number of aryl methyl sites for hydroxylation is 3. The predicted molar refractivity (Wildman–Crippen MR) is 71.2 cm³/mol. The maximum absolute atomic E-state index is 13.6. The number of nitrogens with one attached hydrogen (secondary N) is 1. The molecule has 0 aliphatic rings. The molecule has 2 aromatic rings. The maximum atomic E-state index is 13.6. The van der Waals surface area contributed by atoms with Gasteiger partial charge >= 0.3 is 0 Å². The zero-order chi connectivity index (χ0) is 14.9. The van der Waals surface area contributed by atoms with Gasteiger partial charge in [0.15, 0.2) is 0 Å². The van der Waals surface area contributed by atoms with Crippen LogP contribution in [-0.4, -0.2) is 31.7 Å². The number of rotatable bonds is 3. The van der Waals surface area contributed by atoms with Crippen LogP contribution < -0.4 is 5.43 Å². The van der Waals surface area contributed by atoms with Crippen molar-refractivity contribution in [3.63, 3.8) is 0 Å². The van der Waals surface area contributed by atoms with Gasteiger partial charge in [0.2, 0.25) is 5.95 Å². The minimum Gasteiger partial charge on any atom is -0.266 e. The van der Waals surface area contributed by atoms with Crippen LogP contribution in [-0.2, 0) is 14.1 Å². The van der Waals surface area contributed by atoms with Crippen LogP contribution >= 0.6 is 11.6 Å². The van der Waals surface area contributed by atoms with Crippen molar-refractivity contribution in [2.24, 2.45) is 19.2 Å². The summed E-state index contributed by atoms with van der Waals surface area (Å²) in [7, 11) is 3.06. The Morgan fingerprint density at radius 3 is 2.70 bits per heavy atom. The first kappa shape index (κ1) is 14.2. The molecular weight excluding hydrogens is 287 g/mol. The molecule has 7 nitrogen and oxygen atoms in total. The van der Waals surface area contributed by atoms with E-state index in [1.54, 1.807) is 14.0 Å². The topological polar surface area (TPSA) is 77.1 Å². The third-order valence-corrected chi connectivity index (χ3v) is 2.94. The molecular formula is C11H12ClFN6O. The Kier molecular flexibility index (Phi) is 3.84. The molecule has 0 spiro atoms. The van der Waals surface area contributed by atoms with E-state index >= 15 is 0 Å². The molecule has 0 saturated carbocycles. The molecule has 0 unspecified atom stereocenters. The maximum Gasteiger partial charge on any atom is 0.291 e. The lowest BCUT2D eigenvalue weighted by Crippen LogP contribution is -2.21. The van der Waals surface area contributed by atoms with Gasteiger partial charge in [0.05, 0.1) is 28.7 Å². The van der Waals surface area contributed by atoms with E-state index in [1.165, 1.54) is 24.1 Å². The normalized spacial score (nSPS) is 11.2. The minimum atomic E-state index is -0.534. The fraction of sp³-hybridized carbons (Fsp3) is 0.273. The molecule has 2 aromatic heterocycles. The van der Waals surface area contributed by atoms with E-state index in [0.717, 1.165) is 4.68 Å². The summed E-state index contributed by atoms with van der Waals surface area (Å²) in [4.78, 5) is 11.8. The summed E-state index contributed by atoms with van der Waals surface area (Å²) in [5.41, 5.74) is 3.12. The summed E-state index contributed by atoms with van der Waals surface area (Å²) in [6.07, 6.45) is 2.55. The van der Waals surface area contributed by atoms with E-state index in [4.69, 9.17) is 11.6 Å². The molecule has 0 radical (unpaired) electrons. The lowest BCUT2D eigenvalue weighted by molar-refractivity contribution is 0.0946. The van der Waals surface area contributed by atoms with E-state index < -0.39 is 11.9 Å². The lowest BCUT2D eigenvalue weighted by atomic mass is 10.3. The summed E-state index contributed by atoms with van der Waals surface area (Å²) in [6, 6.07) is 0. The zero-order valence-corrected chi connectivity index (χ0v) is 11.8. The molecule has 0 aromatic carbocycles. The van der Waals surface area contributed by atoms with Crippen molar-refractivity contribution < 1.29 is 9.18 Å². The number of nitrogens with zero attached hydrogens (tertiary/aromatic N) is 5. The third-order valence-electron chi connectivity index (χ3n) is 2.67. The fourth-order valence-corrected chi connectivity index (χ4v) is 1.92. The average molecular weight is 299 g/mol. The summed E-state index contributed by atoms with van der Waals surface area (Å²) in [5.74, 6) is -1.06. The number of carbonyl (C=O) groups excluding carboxylic acids is 1. The van der Waals surface area contributed by atoms with E-state index in [9.17, 15) is 9.18 Å². The Bertz CT molecular complexity index is 670. The Balaban J connectivity index is 2.13.